The first-order valence-electron chi connectivity index (χ1n) is 3.35. The molecule has 1 nitrogen and oxygen atoms in total. The third-order valence-electron chi connectivity index (χ3n) is 1.65. The van der Waals surface area contributed by atoms with Crippen LogP contribution in [0.3, 0.4) is 0 Å². The summed E-state index contributed by atoms with van der Waals surface area (Å²) in [6.45, 7) is 1.55. The fraction of sp³-hybridized carbons (Fsp3) is 0.375. The van der Waals surface area contributed by atoms with E-state index in [9.17, 15) is 4.79 Å². The van der Waals surface area contributed by atoms with Crippen LogP contribution in [0.4, 0.5) is 0 Å². The molecule has 1 atom stereocenters. The molecule has 0 amide bonds. The van der Waals surface area contributed by atoms with Crippen molar-refractivity contribution in [3.05, 3.63) is 22.2 Å². The maximum atomic E-state index is 10.9. The van der Waals surface area contributed by atoms with Crippen LogP contribution in [0.1, 0.15) is 13.3 Å². The number of allylic oxidation sites excluding steroid dienone is 4. The Morgan fingerprint density at radius 3 is 2.64 bits per heavy atom. The van der Waals surface area contributed by atoms with Crippen LogP contribution < -0.4 is 0 Å². The molecular weight excluding hydrogens is 183 g/mol. The van der Waals surface area contributed by atoms with Gasteiger partial charge in [0.1, 0.15) is 5.78 Å². The summed E-state index contributed by atoms with van der Waals surface area (Å²) < 4.78 is 0. The highest BCUT2D eigenvalue weighted by molar-refractivity contribution is 6.44. The van der Waals surface area contributed by atoms with E-state index in [4.69, 9.17) is 23.2 Å². The van der Waals surface area contributed by atoms with Gasteiger partial charge in [0.15, 0.2) is 0 Å². The minimum atomic E-state index is -0.0787. The lowest BCUT2D eigenvalue weighted by atomic mass is 9.97. The molecule has 0 aliphatic heterocycles. The molecule has 0 N–H and O–H groups in total. The van der Waals surface area contributed by atoms with Crippen LogP contribution in [0, 0.1) is 5.92 Å². The summed E-state index contributed by atoms with van der Waals surface area (Å²) in [5.74, 6) is 0.0496. The molecule has 0 radical (unpaired) electrons. The minimum Gasteiger partial charge on any atom is -0.299 e. The van der Waals surface area contributed by atoms with Gasteiger partial charge < -0.3 is 0 Å². The summed E-state index contributed by atoms with van der Waals surface area (Å²) in [4.78, 5) is 10.9. The Balaban J connectivity index is 2.77. The Morgan fingerprint density at radius 2 is 2.18 bits per heavy atom. The summed E-state index contributed by atoms with van der Waals surface area (Å²) in [6.07, 6.45) is 4.15. The molecule has 0 aromatic heterocycles. The molecule has 1 unspecified atom stereocenters. The highest BCUT2D eigenvalue weighted by Gasteiger charge is 2.16. The van der Waals surface area contributed by atoms with Crippen LogP contribution >= 0.6 is 23.2 Å². The highest BCUT2D eigenvalue weighted by atomic mass is 35.5. The number of carbonyl (C=O) groups is 1. The molecule has 0 fully saturated rings. The fourth-order valence-corrected chi connectivity index (χ4v) is 1.32. The topological polar surface area (TPSA) is 17.1 Å². The lowest BCUT2D eigenvalue weighted by Crippen LogP contribution is -2.09. The van der Waals surface area contributed by atoms with E-state index in [1.54, 1.807) is 19.1 Å². The number of ketones is 1. The van der Waals surface area contributed by atoms with Gasteiger partial charge >= 0.3 is 0 Å². The van der Waals surface area contributed by atoms with E-state index < -0.39 is 0 Å². The van der Waals surface area contributed by atoms with Crippen molar-refractivity contribution >= 4 is 29.0 Å². The predicted octanol–water partition coefficient (Wildman–Crippen LogP) is 2.84. The van der Waals surface area contributed by atoms with Crippen LogP contribution in [0.5, 0.6) is 0 Å². The number of hydrogen-bond donors (Lipinski definition) is 0. The van der Waals surface area contributed by atoms with Gasteiger partial charge in [-0.1, -0.05) is 35.4 Å². The van der Waals surface area contributed by atoms with Gasteiger partial charge in [-0.05, 0) is 13.3 Å². The number of Topliss-reactive ketones (excluding diaryl/α,β-unsaturated/α-hetero) is 1. The molecule has 0 saturated heterocycles. The smallest absolute Gasteiger partial charge is 0.137 e. The van der Waals surface area contributed by atoms with Crippen molar-refractivity contribution in [2.24, 2.45) is 5.92 Å². The summed E-state index contributed by atoms with van der Waals surface area (Å²) in [5.41, 5.74) is 0. The molecule has 0 aromatic rings. The first-order chi connectivity index (χ1) is 5.11. The first kappa shape index (κ1) is 8.82. The second-order valence-electron chi connectivity index (χ2n) is 2.52. The van der Waals surface area contributed by atoms with Crippen molar-refractivity contribution in [3.63, 3.8) is 0 Å². The number of halogens is 2. The van der Waals surface area contributed by atoms with Crippen molar-refractivity contribution in [3.8, 4) is 0 Å². The van der Waals surface area contributed by atoms with Crippen LogP contribution in [0.25, 0.3) is 0 Å². The molecule has 0 aromatic carbocycles. The molecule has 0 heterocycles. The van der Waals surface area contributed by atoms with Crippen LogP contribution in [-0.2, 0) is 4.79 Å². The number of rotatable bonds is 1. The van der Waals surface area contributed by atoms with E-state index in [0.29, 0.717) is 16.5 Å². The zero-order valence-corrected chi connectivity index (χ0v) is 7.62. The van der Waals surface area contributed by atoms with Gasteiger partial charge in [0, 0.05) is 5.92 Å². The standard InChI is InChI=1S/C8H8Cl2O/c1-5(11)6-2-3-7(9)8(10)4-6/h3-4,6H,2H2,1H3. The van der Waals surface area contributed by atoms with E-state index in [0.717, 1.165) is 0 Å². The summed E-state index contributed by atoms with van der Waals surface area (Å²) >= 11 is 11.4. The first-order valence-corrected chi connectivity index (χ1v) is 4.10. The van der Waals surface area contributed by atoms with Crippen LogP contribution in [-0.4, -0.2) is 5.78 Å². The lowest BCUT2D eigenvalue weighted by molar-refractivity contribution is -0.119. The number of carbonyl (C=O) groups excluding carboxylic acids is 1. The third-order valence-corrected chi connectivity index (χ3v) is 2.43. The molecule has 1 aliphatic rings. The third kappa shape index (κ3) is 2.08. The van der Waals surface area contributed by atoms with Gasteiger partial charge in [0.2, 0.25) is 0 Å². The van der Waals surface area contributed by atoms with Crippen molar-refractivity contribution < 1.29 is 4.79 Å². The lowest BCUT2D eigenvalue weighted by Gasteiger charge is -2.12. The average molecular weight is 191 g/mol. The van der Waals surface area contributed by atoms with E-state index in [1.165, 1.54) is 0 Å². The normalized spacial score (nSPS) is 24.1. The molecule has 1 rings (SSSR count). The summed E-state index contributed by atoms with van der Waals surface area (Å²) in [6, 6.07) is 0. The Hall–Kier alpha value is -0.270. The maximum Gasteiger partial charge on any atom is 0.137 e. The Kier molecular flexibility index (Phi) is 2.74. The van der Waals surface area contributed by atoms with Crippen molar-refractivity contribution in [1.82, 2.24) is 0 Å². The second kappa shape index (κ2) is 3.42. The zero-order chi connectivity index (χ0) is 8.43. The molecule has 3 heteroatoms. The maximum absolute atomic E-state index is 10.9. The zero-order valence-electron chi connectivity index (χ0n) is 6.10. The Labute approximate surface area is 75.7 Å². The average Bonchev–Trinajstić information content (AvgIpc) is 1.94. The Bertz CT molecular complexity index is 240. The van der Waals surface area contributed by atoms with Gasteiger partial charge in [0.25, 0.3) is 0 Å². The molecule has 1 aliphatic carbocycles. The molecule has 0 saturated carbocycles. The van der Waals surface area contributed by atoms with Gasteiger partial charge in [-0.2, -0.15) is 0 Å². The highest BCUT2D eigenvalue weighted by Crippen LogP contribution is 2.28. The van der Waals surface area contributed by atoms with Crippen molar-refractivity contribution in [2.45, 2.75) is 13.3 Å². The Morgan fingerprint density at radius 1 is 1.55 bits per heavy atom. The monoisotopic (exact) mass is 190 g/mol. The van der Waals surface area contributed by atoms with Crippen LogP contribution in [0.15, 0.2) is 22.2 Å². The number of hydrogen-bond acceptors (Lipinski definition) is 1. The predicted molar refractivity (Wildman–Crippen MR) is 46.7 cm³/mol. The van der Waals surface area contributed by atoms with Crippen LogP contribution in [0.2, 0.25) is 0 Å². The SMILES string of the molecule is CC(=O)C1C=C(Cl)C(Cl)=CC1. The fourth-order valence-electron chi connectivity index (χ4n) is 0.936. The minimum absolute atomic E-state index is 0.0787. The molecule has 11 heavy (non-hydrogen) atoms. The molecule has 0 spiro atoms. The summed E-state index contributed by atoms with van der Waals surface area (Å²) in [5, 5.41) is 1.03. The van der Waals surface area contributed by atoms with E-state index in [-0.39, 0.29) is 11.7 Å². The quantitative estimate of drug-likeness (QED) is 0.622. The molecule has 0 bridgehead atoms. The van der Waals surface area contributed by atoms with Crippen molar-refractivity contribution in [2.75, 3.05) is 0 Å². The summed E-state index contributed by atoms with van der Waals surface area (Å²) in [7, 11) is 0. The van der Waals surface area contributed by atoms with Gasteiger partial charge in [-0.25, -0.2) is 0 Å². The van der Waals surface area contributed by atoms with E-state index in [2.05, 4.69) is 0 Å². The molecule has 60 valence electrons. The van der Waals surface area contributed by atoms with Crippen molar-refractivity contribution in [1.29, 1.82) is 0 Å². The van der Waals surface area contributed by atoms with Gasteiger partial charge in [0.05, 0.1) is 10.1 Å². The van der Waals surface area contributed by atoms with E-state index in [1.807, 2.05) is 0 Å². The molecular formula is C8H8Cl2O. The second-order valence-corrected chi connectivity index (χ2v) is 3.33. The van der Waals surface area contributed by atoms with E-state index >= 15 is 0 Å². The van der Waals surface area contributed by atoms with Gasteiger partial charge in [-0.3, -0.25) is 4.79 Å². The largest absolute Gasteiger partial charge is 0.299 e. The van der Waals surface area contributed by atoms with Gasteiger partial charge in [-0.15, -0.1) is 0 Å².